The van der Waals surface area contributed by atoms with Crippen LogP contribution in [0.4, 0.5) is 4.79 Å². The van der Waals surface area contributed by atoms with Gasteiger partial charge in [-0.1, -0.05) is 13.8 Å². The number of carbonyl (C=O) groups is 2. The molecule has 5 nitrogen and oxygen atoms in total. The van der Waals surface area contributed by atoms with Gasteiger partial charge in [0.05, 0.1) is 0 Å². The molecule has 1 saturated heterocycles. The maximum absolute atomic E-state index is 11.8. The molecule has 0 spiro atoms. The second-order valence-corrected chi connectivity index (χ2v) is 6.40. The zero-order valence-electron chi connectivity index (χ0n) is 12.7. The number of nitrogens with zero attached hydrogens (tertiary/aromatic N) is 1. The third-order valence-electron chi connectivity index (χ3n) is 3.02. The van der Waals surface area contributed by atoms with Crippen LogP contribution in [0.15, 0.2) is 0 Å². The molecule has 0 aliphatic carbocycles. The summed E-state index contributed by atoms with van der Waals surface area (Å²) in [4.78, 5) is 25.3. The lowest BCUT2D eigenvalue weighted by atomic mass is 10.0. The molecular weight excluding hydrogens is 244 g/mol. The second-order valence-electron chi connectivity index (χ2n) is 6.40. The first-order chi connectivity index (χ1) is 8.69. The normalized spacial score (nSPS) is 17.5. The van der Waals surface area contributed by atoms with Crippen molar-refractivity contribution in [2.75, 3.05) is 13.1 Å². The van der Waals surface area contributed by atoms with Gasteiger partial charge < -0.3 is 15.0 Å². The van der Waals surface area contributed by atoms with Crippen molar-refractivity contribution in [1.29, 1.82) is 0 Å². The van der Waals surface area contributed by atoms with E-state index in [9.17, 15) is 9.59 Å². The lowest BCUT2D eigenvalue weighted by Gasteiger charge is -2.33. The highest BCUT2D eigenvalue weighted by atomic mass is 16.6. The molecule has 1 fully saturated rings. The molecule has 0 atom stereocenters. The Labute approximate surface area is 115 Å². The number of ether oxygens (including phenoxy) is 1. The lowest BCUT2D eigenvalue weighted by Crippen LogP contribution is -2.48. The van der Waals surface area contributed by atoms with Gasteiger partial charge in [0.25, 0.3) is 0 Å². The molecule has 0 unspecified atom stereocenters. The number of hydrogen-bond donors (Lipinski definition) is 1. The fourth-order valence-corrected chi connectivity index (χ4v) is 2.08. The van der Waals surface area contributed by atoms with Gasteiger partial charge in [0.15, 0.2) is 0 Å². The van der Waals surface area contributed by atoms with Crippen LogP contribution >= 0.6 is 0 Å². The molecule has 0 aromatic carbocycles. The van der Waals surface area contributed by atoms with E-state index in [-0.39, 0.29) is 24.0 Å². The largest absolute Gasteiger partial charge is 0.444 e. The zero-order chi connectivity index (χ0) is 14.6. The van der Waals surface area contributed by atoms with Crippen molar-refractivity contribution in [2.24, 2.45) is 5.92 Å². The van der Waals surface area contributed by atoms with Crippen LogP contribution < -0.4 is 5.32 Å². The maximum atomic E-state index is 11.8. The quantitative estimate of drug-likeness (QED) is 0.836. The first-order valence-corrected chi connectivity index (χ1v) is 6.97. The van der Waals surface area contributed by atoms with Gasteiger partial charge in [-0.2, -0.15) is 0 Å². The van der Waals surface area contributed by atoms with Gasteiger partial charge in [0.2, 0.25) is 5.91 Å². The number of likely N-dealkylation sites (tertiary alicyclic amines) is 1. The summed E-state index contributed by atoms with van der Waals surface area (Å²) >= 11 is 0. The van der Waals surface area contributed by atoms with Crippen LogP contribution in [-0.4, -0.2) is 41.6 Å². The molecule has 0 saturated carbocycles. The van der Waals surface area contributed by atoms with Gasteiger partial charge in [-0.3, -0.25) is 4.79 Å². The van der Waals surface area contributed by atoms with Crippen molar-refractivity contribution in [3.8, 4) is 0 Å². The van der Waals surface area contributed by atoms with E-state index in [0.717, 1.165) is 12.8 Å². The highest BCUT2D eigenvalue weighted by Crippen LogP contribution is 2.14. The van der Waals surface area contributed by atoms with Crippen molar-refractivity contribution >= 4 is 12.0 Å². The van der Waals surface area contributed by atoms with Crippen molar-refractivity contribution < 1.29 is 14.3 Å². The minimum atomic E-state index is -0.474. The van der Waals surface area contributed by atoms with Crippen molar-refractivity contribution in [1.82, 2.24) is 10.2 Å². The molecule has 5 heteroatoms. The minimum absolute atomic E-state index is 0.0374. The number of alkyl carbamates (subject to hydrolysis) is 1. The molecule has 0 aromatic heterocycles. The van der Waals surface area contributed by atoms with Crippen LogP contribution in [0.2, 0.25) is 0 Å². The molecule has 0 aromatic rings. The summed E-state index contributed by atoms with van der Waals surface area (Å²) in [6.45, 7) is 10.8. The van der Waals surface area contributed by atoms with E-state index in [1.807, 2.05) is 39.5 Å². The van der Waals surface area contributed by atoms with Crippen molar-refractivity contribution in [3.05, 3.63) is 0 Å². The van der Waals surface area contributed by atoms with Crippen LogP contribution in [0.3, 0.4) is 0 Å². The average molecular weight is 270 g/mol. The van der Waals surface area contributed by atoms with Gasteiger partial charge in [0, 0.05) is 25.0 Å². The van der Waals surface area contributed by atoms with E-state index in [2.05, 4.69) is 5.32 Å². The number of hydrogen-bond acceptors (Lipinski definition) is 3. The van der Waals surface area contributed by atoms with E-state index in [1.165, 1.54) is 0 Å². The smallest absolute Gasteiger partial charge is 0.407 e. The summed E-state index contributed by atoms with van der Waals surface area (Å²) in [6, 6.07) is 0.103. The third-order valence-corrected chi connectivity index (χ3v) is 3.02. The Morgan fingerprint density at radius 1 is 1.21 bits per heavy atom. The Hall–Kier alpha value is -1.26. The van der Waals surface area contributed by atoms with Crippen LogP contribution in [0.25, 0.3) is 0 Å². The molecule has 1 aliphatic rings. The summed E-state index contributed by atoms with van der Waals surface area (Å²) in [7, 11) is 0. The lowest BCUT2D eigenvalue weighted by molar-refractivity contribution is -0.135. The van der Waals surface area contributed by atoms with Crippen molar-refractivity contribution in [3.63, 3.8) is 0 Å². The van der Waals surface area contributed by atoms with Gasteiger partial charge in [-0.25, -0.2) is 4.79 Å². The Balaban J connectivity index is 2.34. The van der Waals surface area contributed by atoms with Gasteiger partial charge >= 0.3 is 6.09 Å². The summed E-state index contributed by atoms with van der Waals surface area (Å²) in [6.07, 6.45) is 1.20. The van der Waals surface area contributed by atoms with Crippen molar-refractivity contribution in [2.45, 2.75) is 59.1 Å². The molecule has 1 aliphatic heterocycles. The summed E-state index contributed by atoms with van der Waals surface area (Å²) in [5, 5.41) is 2.86. The summed E-state index contributed by atoms with van der Waals surface area (Å²) in [5.74, 6) is 0.228. The summed E-state index contributed by atoms with van der Waals surface area (Å²) < 4.78 is 5.22. The molecule has 2 amide bonds. The Morgan fingerprint density at radius 2 is 1.74 bits per heavy atom. The number of amides is 2. The topological polar surface area (TPSA) is 58.6 Å². The fourth-order valence-electron chi connectivity index (χ4n) is 2.08. The van der Waals surface area contributed by atoms with Crippen LogP contribution in [0.5, 0.6) is 0 Å². The number of rotatable bonds is 2. The number of piperidine rings is 1. The molecule has 0 bridgehead atoms. The Morgan fingerprint density at radius 3 is 2.16 bits per heavy atom. The fraction of sp³-hybridized carbons (Fsp3) is 0.857. The standard InChI is InChI=1S/C14H26N2O3/c1-10(2)12(17)16-8-6-11(7-9-16)15-13(18)19-14(3,4)5/h10-11H,6-9H2,1-5H3,(H,15,18). The predicted octanol–water partition coefficient (Wildman–Crippen LogP) is 2.16. The molecule has 1 N–H and O–H groups in total. The van der Waals surface area contributed by atoms with E-state index >= 15 is 0 Å². The number of carbonyl (C=O) groups excluding carboxylic acids is 2. The molecule has 0 radical (unpaired) electrons. The Kier molecular flexibility index (Phi) is 5.20. The zero-order valence-corrected chi connectivity index (χ0v) is 12.7. The first kappa shape index (κ1) is 15.8. The highest BCUT2D eigenvalue weighted by Gasteiger charge is 2.26. The molecule has 1 rings (SSSR count). The van der Waals surface area contributed by atoms with Crippen LogP contribution in [-0.2, 0) is 9.53 Å². The first-order valence-electron chi connectivity index (χ1n) is 6.97. The highest BCUT2D eigenvalue weighted by molar-refractivity contribution is 5.78. The molecule has 1 heterocycles. The Bertz CT molecular complexity index is 326. The van der Waals surface area contributed by atoms with Crippen LogP contribution in [0, 0.1) is 5.92 Å². The van der Waals surface area contributed by atoms with Gasteiger partial charge in [0.1, 0.15) is 5.60 Å². The molecule has 110 valence electrons. The van der Waals surface area contributed by atoms with E-state index in [1.54, 1.807) is 0 Å². The monoisotopic (exact) mass is 270 g/mol. The van der Waals surface area contributed by atoms with Gasteiger partial charge in [-0.05, 0) is 33.6 Å². The number of nitrogens with one attached hydrogen (secondary N) is 1. The van der Waals surface area contributed by atoms with E-state index < -0.39 is 5.60 Å². The second kappa shape index (κ2) is 6.26. The van der Waals surface area contributed by atoms with E-state index in [4.69, 9.17) is 4.74 Å². The average Bonchev–Trinajstić information content (AvgIpc) is 2.26. The van der Waals surface area contributed by atoms with E-state index in [0.29, 0.717) is 13.1 Å². The molecule has 19 heavy (non-hydrogen) atoms. The van der Waals surface area contributed by atoms with Gasteiger partial charge in [-0.15, -0.1) is 0 Å². The van der Waals surface area contributed by atoms with Crippen LogP contribution in [0.1, 0.15) is 47.5 Å². The maximum Gasteiger partial charge on any atom is 0.407 e. The predicted molar refractivity (Wildman–Crippen MR) is 73.8 cm³/mol. The third kappa shape index (κ3) is 5.49. The summed E-state index contributed by atoms with van der Waals surface area (Å²) in [5.41, 5.74) is -0.474. The minimum Gasteiger partial charge on any atom is -0.444 e. The molecular formula is C14H26N2O3. The SMILES string of the molecule is CC(C)C(=O)N1CCC(NC(=O)OC(C)(C)C)CC1.